The van der Waals surface area contributed by atoms with Crippen molar-refractivity contribution in [2.45, 2.75) is 25.9 Å². The molecule has 0 saturated heterocycles. The molecule has 1 aliphatic rings. The van der Waals surface area contributed by atoms with E-state index in [1.165, 1.54) is 6.07 Å². The summed E-state index contributed by atoms with van der Waals surface area (Å²) in [6, 6.07) is 10.9. The topological polar surface area (TPSA) is 57.2 Å². The van der Waals surface area contributed by atoms with Gasteiger partial charge < -0.3 is 10.2 Å². The maximum Gasteiger partial charge on any atom is 0.161 e. The molecule has 0 saturated carbocycles. The van der Waals surface area contributed by atoms with Gasteiger partial charge in [0.1, 0.15) is 11.6 Å². The highest BCUT2D eigenvalue weighted by molar-refractivity contribution is 5.59. The van der Waals surface area contributed by atoms with E-state index in [0.29, 0.717) is 13.1 Å². The van der Waals surface area contributed by atoms with Crippen LogP contribution in [-0.4, -0.2) is 58.5 Å². The van der Waals surface area contributed by atoms with E-state index in [9.17, 15) is 4.39 Å². The standard InChI is InChI=1S/C24H29FN6/c1-30(2)14-5-11-27-24-20-17-31(16-19-6-3-4-7-21(19)25)15-10-22(20)28-23(29-24)18-8-12-26-13-9-18/h3-4,6-9,12-13H,5,10-11,14-17H2,1-2H3,(H,27,28,29). The van der Waals surface area contributed by atoms with Crippen molar-refractivity contribution in [1.82, 2.24) is 24.8 Å². The van der Waals surface area contributed by atoms with Crippen molar-refractivity contribution in [3.05, 3.63) is 71.4 Å². The number of hydrogen-bond acceptors (Lipinski definition) is 6. The number of anilines is 1. The summed E-state index contributed by atoms with van der Waals surface area (Å²) in [7, 11) is 4.16. The second-order valence-electron chi connectivity index (χ2n) is 8.19. The van der Waals surface area contributed by atoms with Crippen molar-refractivity contribution in [3.63, 3.8) is 0 Å². The molecule has 0 amide bonds. The van der Waals surface area contributed by atoms with Gasteiger partial charge in [0.05, 0.1) is 5.69 Å². The molecule has 0 atom stereocenters. The zero-order valence-corrected chi connectivity index (χ0v) is 18.2. The van der Waals surface area contributed by atoms with Crippen LogP contribution in [0.15, 0.2) is 48.8 Å². The van der Waals surface area contributed by atoms with Crippen LogP contribution < -0.4 is 5.32 Å². The van der Waals surface area contributed by atoms with Crippen molar-refractivity contribution < 1.29 is 4.39 Å². The fraction of sp³-hybridized carbons (Fsp3) is 0.375. The first-order valence-corrected chi connectivity index (χ1v) is 10.7. The Morgan fingerprint density at radius 2 is 1.90 bits per heavy atom. The van der Waals surface area contributed by atoms with Crippen molar-refractivity contribution in [2.75, 3.05) is 39.0 Å². The van der Waals surface area contributed by atoms with Gasteiger partial charge in [0, 0.05) is 61.7 Å². The number of pyridine rings is 1. The lowest BCUT2D eigenvalue weighted by atomic mass is 10.0. The molecule has 162 valence electrons. The van der Waals surface area contributed by atoms with Gasteiger partial charge in [-0.05, 0) is 45.3 Å². The van der Waals surface area contributed by atoms with Crippen LogP contribution >= 0.6 is 0 Å². The molecule has 4 rings (SSSR count). The first-order valence-electron chi connectivity index (χ1n) is 10.7. The molecule has 0 bridgehead atoms. The van der Waals surface area contributed by atoms with E-state index < -0.39 is 0 Å². The fourth-order valence-corrected chi connectivity index (χ4v) is 3.85. The minimum Gasteiger partial charge on any atom is -0.370 e. The number of hydrogen-bond donors (Lipinski definition) is 1. The van der Waals surface area contributed by atoms with Crippen LogP contribution in [0.3, 0.4) is 0 Å². The van der Waals surface area contributed by atoms with E-state index in [0.717, 1.165) is 66.5 Å². The maximum absolute atomic E-state index is 14.2. The second kappa shape index (κ2) is 9.94. The molecule has 3 heterocycles. The summed E-state index contributed by atoms with van der Waals surface area (Å²) < 4.78 is 14.2. The lowest BCUT2D eigenvalue weighted by molar-refractivity contribution is 0.240. The number of halogens is 1. The van der Waals surface area contributed by atoms with Crippen LogP contribution in [-0.2, 0) is 19.5 Å². The Bertz CT molecular complexity index is 1010. The molecule has 0 spiro atoms. The quantitative estimate of drug-likeness (QED) is 0.562. The van der Waals surface area contributed by atoms with Crippen LogP contribution in [0.5, 0.6) is 0 Å². The second-order valence-corrected chi connectivity index (χ2v) is 8.19. The summed E-state index contributed by atoms with van der Waals surface area (Å²) in [6.45, 7) is 3.98. The number of aromatic nitrogens is 3. The first kappa shape index (κ1) is 21.3. The number of rotatable bonds is 8. The monoisotopic (exact) mass is 420 g/mol. The van der Waals surface area contributed by atoms with E-state index in [1.807, 2.05) is 24.3 Å². The van der Waals surface area contributed by atoms with Gasteiger partial charge in [0.15, 0.2) is 5.82 Å². The molecule has 0 aliphatic carbocycles. The Morgan fingerprint density at radius 1 is 1.10 bits per heavy atom. The Morgan fingerprint density at radius 3 is 2.68 bits per heavy atom. The molecule has 7 heteroatoms. The van der Waals surface area contributed by atoms with E-state index in [-0.39, 0.29) is 5.82 Å². The molecule has 31 heavy (non-hydrogen) atoms. The number of benzene rings is 1. The van der Waals surface area contributed by atoms with Gasteiger partial charge in [-0.1, -0.05) is 18.2 Å². The summed E-state index contributed by atoms with van der Waals surface area (Å²) in [5, 5.41) is 3.54. The molecule has 0 radical (unpaired) electrons. The largest absolute Gasteiger partial charge is 0.370 e. The van der Waals surface area contributed by atoms with Crippen molar-refractivity contribution in [2.24, 2.45) is 0 Å². The molecular formula is C24H29FN6. The highest BCUT2D eigenvalue weighted by Gasteiger charge is 2.23. The average Bonchev–Trinajstić information content (AvgIpc) is 2.78. The van der Waals surface area contributed by atoms with Crippen LogP contribution in [0.1, 0.15) is 23.2 Å². The van der Waals surface area contributed by atoms with Crippen LogP contribution in [0, 0.1) is 5.82 Å². The zero-order valence-electron chi connectivity index (χ0n) is 18.2. The van der Waals surface area contributed by atoms with Gasteiger partial charge in [0.25, 0.3) is 0 Å². The summed E-state index contributed by atoms with van der Waals surface area (Å²) >= 11 is 0. The van der Waals surface area contributed by atoms with Gasteiger partial charge in [-0.3, -0.25) is 9.88 Å². The van der Waals surface area contributed by atoms with Crippen molar-refractivity contribution >= 4 is 5.82 Å². The molecular weight excluding hydrogens is 391 g/mol. The highest BCUT2D eigenvalue weighted by Crippen LogP contribution is 2.28. The van der Waals surface area contributed by atoms with Crippen LogP contribution in [0.25, 0.3) is 11.4 Å². The smallest absolute Gasteiger partial charge is 0.161 e. The normalized spacial score (nSPS) is 13.9. The average molecular weight is 421 g/mol. The van der Waals surface area contributed by atoms with Gasteiger partial charge in [-0.2, -0.15) is 0 Å². The highest BCUT2D eigenvalue weighted by atomic mass is 19.1. The van der Waals surface area contributed by atoms with Crippen LogP contribution in [0.4, 0.5) is 10.2 Å². The van der Waals surface area contributed by atoms with E-state index in [1.54, 1.807) is 18.5 Å². The Balaban J connectivity index is 1.58. The third-order valence-corrected chi connectivity index (χ3v) is 5.50. The summed E-state index contributed by atoms with van der Waals surface area (Å²) in [6.07, 6.45) is 5.36. The first-order chi connectivity index (χ1) is 15.1. The molecule has 1 N–H and O–H groups in total. The molecule has 0 unspecified atom stereocenters. The summed E-state index contributed by atoms with van der Waals surface area (Å²) in [4.78, 5) is 18.3. The summed E-state index contributed by atoms with van der Waals surface area (Å²) in [5.74, 6) is 1.45. The fourth-order valence-electron chi connectivity index (χ4n) is 3.85. The Hall–Kier alpha value is -2.90. The molecule has 1 aliphatic heterocycles. The summed E-state index contributed by atoms with van der Waals surface area (Å²) in [5.41, 5.74) is 3.87. The van der Waals surface area contributed by atoms with E-state index in [2.05, 4.69) is 34.2 Å². The van der Waals surface area contributed by atoms with Crippen molar-refractivity contribution in [1.29, 1.82) is 0 Å². The van der Waals surface area contributed by atoms with Gasteiger partial charge >= 0.3 is 0 Å². The van der Waals surface area contributed by atoms with Crippen molar-refractivity contribution in [3.8, 4) is 11.4 Å². The van der Waals surface area contributed by atoms with Crippen LogP contribution in [0.2, 0.25) is 0 Å². The number of nitrogens with one attached hydrogen (secondary N) is 1. The molecule has 0 fully saturated rings. The number of nitrogens with zero attached hydrogens (tertiary/aromatic N) is 5. The third kappa shape index (κ3) is 5.42. The molecule has 2 aromatic heterocycles. The predicted octanol–water partition coefficient (Wildman–Crippen LogP) is 3.60. The molecule has 3 aromatic rings. The van der Waals surface area contributed by atoms with E-state index in [4.69, 9.17) is 9.97 Å². The lowest BCUT2D eigenvalue weighted by Crippen LogP contribution is -2.32. The van der Waals surface area contributed by atoms with E-state index >= 15 is 0 Å². The third-order valence-electron chi connectivity index (χ3n) is 5.50. The minimum atomic E-state index is -0.153. The van der Waals surface area contributed by atoms with Gasteiger partial charge in [-0.25, -0.2) is 14.4 Å². The maximum atomic E-state index is 14.2. The zero-order chi connectivity index (χ0) is 21.6. The van der Waals surface area contributed by atoms with Gasteiger partial charge in [0.2, 0.25) is 0 Å². The lowest BCUT2D eigenvalue weighted by Gasteiger charge is -2.30. The SMILES string of the molecule is CN(C)CCCNc1nc(-c2ccncc2)nc2c1CN(Cc1ccccc1F)CC2. The molecule has 1 aromatic carbocycles. The molecule has 6 nitrogen and oxygen atoms in total. The Labute approximate surface area is 183 Å². The minimum absolute atomic E-state index is 0.153. The number of fused-ring (bicyclic) bond motifs is 1. The predicted molar refractivity (Wildman–Crippen MR) is 121 cm³/mol. The van der Waals surface area contributed by atoms with Gasteiger partial charge in [-0.15, -0.1) is 0 Å². The Kier molecular flexibility index (Phi) is 6.84.